The van der Waals surface area contributed by atoms with Gasteiger partial charge in [-0.2, -0.15) is 0 Å². The van der Waals surface area contributed by atoms with E-state index in [0.29, 0.717) is 0 Å². The summed E-state index contributed by atoms with van der Waals surface area (Å²) in [5, 5.41) is 3.22. The number of carbonyl (C=O) groups is 1. The van der Waals surface area contributed by atoms with E-state index >= 15 is 0 Å². The summed E-state index contributed by atoms with van der Waals surface area (Å²) >= 11 is 0. The quantitative estimate of drug-likeness (QED) is 0.829. The van der Waals surface area contributed by atoms with Gasteiger partial charge in [-0.1, -0.05) is 56.3 Å². The summed E-state index contributed by atoms with van der Waals surface area (Å²) in [5.41, 5.74) is 1.19. The highest BCUT2D eigenvalue weighted by Crippen LogP contribution is 2.27. The first kappa shape index (κ1) is 14.8. The molecule has 1 aliphatic carbocycles. The molecule has 0 saturated carbocycles. The van der Waals surface area contributed by atoms with E-state index in [1.54, 1.807) is 0 Å². The van der Waals surface area contributed by atoms with Crippen LogP contribution in [0.5, 0.6) is 0 Å². The SMILES string of the molecule is C[C@H](NC(=O)[C@H]1CC=CCC1)C(C)(C)c1ccccc1. The van der Waals surface area contributed by atoms with E-state index in [9.17, 15) is 4.79 Å². The Hall–Kier alpha value is -1.57. The summed E-state index contributed by atoms with van der Waals surface area (Å²) < 4.78 is 0. The summed E-state index contributed by atoms with van der Waals surface area (Å²) in [6.45, 7) is 6.48. The van der Waals surface area contributed by atoms with Crippen LogP contribution in [0.1, 0.15) is 45.6 Å². The van der Waals surface area contributed by atoms with Crippen LogP contribution in [0.3, 0.4) is 0 Å². The van der Waals surface area contributed by atoms with Gasteiger partial charge in [0.25, 0.3) is 0 Å². The summed E-state index contributed by atoms with van der Waals surface area (Å²) in [6, 6.07) is 10.5. The van der Waals surface area contributed by atoms with Gasteiger partial charge >= 0.3 is 0 Å². The second-order valence-electron chi connectivity index (χ2n) is 6.30. The second-order valence-corrected chi connectivity index (χ2v) is 6.30. The number of benzene rings is 1. The van der Waals surface area contributed by atoms with Crippen molar-refractivity contribution in [3.05, 3.63) is 48.0 Å². The number of allylic oxidation sites excluding steroid dienone is 2. The van der Waals surface area contributed by atoms with Crippen molar-refractivity contribution in [2.75, 3.05) is 0 Å². The topological polar surface area (TPSA) is 29.1 Å². The molecule has 0 bridgehead atoms. The van der Waals surface area contributed by atoms with Crippen molar-refractivity contribution in [1.29, 1.82) is 0 Å². The molecule has 0 aliphatic heterocycles. The molecule has 1 N–H and O–H groups in total. The number of hydrogen-bond acceptors (Lipinski definition) is 1. The zero-order chi connectivity index (χ0) is 14.6. The highest BCUT2D eigenvalue weighted by molar-refractivity contribution is 5.79. The third-order valence-electron chi connectivity index (χ3n) is 4.60. The first-order valence-corrected chi connectivity index (χ1v) is 7.52. The van der Waals surface area contributed by atoms with Gasteiger partial charge in [-0.05, 0) is 31.7 Å². The van der Waals surface area contributed by atoms with E-state index < -0.39 is 0 Å². The molecule has 1 aromatic rings. The van der Waals surface area contributed by atoms with Gasteiger partial charge in [0, 0.05) is 17.4 Å². The standard InChI is InChI=1S/C18H25NO/c1-14(18(2,3)16-12-8-5-9-13-16)19-17(20)15-10-6-4-7-11-15/h4-6,8-9,12-15H,7,10-11H2,1-3H3,(H,19,20)/t14-,15-/m0/s1. The molecular formula is C18H25NO. The predicted octanol–water partition coefficient (Wildman–Crippen LogP) is 3.83. The summed E-state index contributed by atoms with van der Waals surface area (Å²) in [7, 11) is 0. The molecule has 0 radical (unpaired) electrons. The number of nitrogens with one attached hydrogen (secondary N) is 1. The summed E-state index contributed by atoms with van der Waals surface area (Å²) in [5.74, 6) is 0.347. The highest BCUT2D eigenvalue weighted by Gasteiger charge is 2.30. The first-order valence-electron chi connectivity index (χ1n) is 7.52. The Morgan fingerprint density at radius 2 is 1.95 bits per heavy atom. The van der Waals surface area contributed by atoms with Crippen LogP contribution in [0.2, 0.25) is 0 Å². The average molecular weight is 271 g/mol. The van der Waals surface area contributed by atoms with E-state index in [-0.39, 0.29) is 23.3 Å². The van der Waals surface area contributed by atoms with Crippen LogP contribution in [0.15, 0.2) is 42.5 Å². The van der Waals surface area contributed by atoms with Crippen molar-refractivity contribution < 1.29 is 4.79 Å². The molecule has 1 aliphatic rings. The Bertz CT molecular complexity index is 475. The van der Waals surface area contributed by atoms with Gasteiger partial charge in [0.15, 0.2) is 0 Å². The first-order chi connectivity index (χ1) is 9.51. The maximum absolute atomic E-state index is 12.3. The largest absolute Gasteiger partial charge is 0.353 e. The monoisotopic (exact) mass is 271 g/mol. The molecular weight excluding hydrogens is 246 g/mol. The highest BCUT2D eigenvalue weighted by atomic mass is 16.1. The maximum atomic E-state index is 12.3. The van der Waals surface area contributed by atoms with E-state index in [4.69, 9.17) is 0 Å². The van der Waals surface area contributed by atoms with Crippen LogP contribution in [-0.2, 0) is 10.2 Å². The number of rotatable bonds is 4. The maximum Gasteiger partial charge on any atom is 0.223 e. The molecule has 0 fully saturated rings. The van der Waals surface area contributed by atoms with Crippen LogP contribution < -0.4 is 5.32 Å². The summed E-state index contributed by atoms with van der Waals surface area (Å²) in [6.07, 6.45) is 7.17. The van der Waals surface area contributed by atoms with Crippen LogP contribution >= 0.6 is 0 Å². The fourth-order valence-corrected chi connectivity index (χ4v) is 2.66. The third kappa shape index (κ3) is 3.30. The fourth-order valence-electron chi connectivity index (χ4n) is 2.66. The molecule has 108 valence electrons. The molecule has 0 aromatic heterocycles. The Morgan fingerprint density at radius 1 is 1.25 bits per heavy atom. The van der Waals surface area contributed by atoms with Gasteiger partial charge in [-0.3, -0.25) is 4.79 Å². The van der Waals surface area contributed by atoms with Crippen molar-refractivity contribution in [3.63, 3.8) is 0 Å². The molecule has 2 rings (SSSR count). The molecule has 0 heterocycles. The minimum Gasteiger partial charge on any atom is -0.353 e. The molecule has 1 aromatic carbocycles. The molecule has 2 atom stereocenters. The van der Waals surface area contributed by atoms with Crippen molar-refractivity contribution in [2.45, 2.75) is 51.5 Å². The Labute approximate surface area is 122 Å². The molecule has 2 heteroatoms. The van der Waals surface area contributed by atoms with E-state index in [1.165, 1.54) is 5.56 Å². The lowest BCUT2D eigenvalue weighted by atomic mass is 9.78. The lowest BCUT2D eigenvalue weighted by Gasteiger charge is -2.34. The molecule has 0 unspecified atom stereocenters. The fraction of sp³-hybridized carbons (Fsp3) is 0.500. The minimum atomic E-state index is -0.0680. The van der Waals surface area contributed by atoms with Gasteiger partial charge in [-0.15, -0.1) is 0 Å². The smallest absolute Gasteiger partial charge is 0.223 e. The number of amides is 1. The van der Waals surface area contributed by atoms with Crippen molar-refractivity contribution in [1.82, 2.24) is 5.32 Å². The van der Waals surface area contributed by atoms with Gasteiger partial charge in [-0.25, -0.2) is 0 Å². The number of hydrogen-bond donors (Lipinski definition) is 1. The van der Waals surface area contributed by atoms with Crippen molar-refractivity contribution >= 4 is 5.91 Å². The minimum absolute atomic E-state index is 0.0680. The van der Waals surface area contributed by atoms with E-state index in [0.717, 1.165) is 19.3 Å². The lowest BCUT2D eigenvalue weighted by Crippen LogP contribution is -2.47. The molecule has 0 spiro atoms. The zero-order valence-electron chi connectivity index (χ0n) is 12.7. The molecule has 2 nitrogen and oxygen atoms in total. The van der Waals surface area contributed by atoms with Gasteiger partial charge in [0.05, 0.1) is 0 Å². The zero-order valence-corrected chi connectivity index (χ0v) is 12.7. The lowest BCUT2D eigenvalue weighted by molar-refractivity contribution is -0.126. The Morgan fingerprint density at radius 3 is 2.55 bits per heavy atom. The Kier molecular flexibility index (Phi) is 4.64. The van der Waals surface area contributed by atoms with Crippen molar-refractivity contribution in [3.8, 4) is 0 Å². The van der Waals surface area contributed by atoms with Crippen molar-refractivity contribution in [2.24, 2.45) is 5.92 Å². The van der Waals surface area contributed by atoms with Gasteiger partial charge < -0.3 is 5.32 Å². The second kappa shape index (κ2) is 6.25. The van der Waals surface area contributed by atoms with Crippen LogP contribution in [0.4, 0.5) is 0 Å². The Balaban J connectivity index is 2.01. The third-order valence-corrected chi connectivity index (χ3v) is 4.60. The van der Waals surface area contributed by atoms with Gasteiger partial charge in [0.2, 0.25) is 5.91 Å². The van der Waals surface area contributed by atoms with E-state index in [2.05, 4.69) is 62.5 Å². The average Bonchev–Trinajstić information content (AvgIpc) is 2.49. The number of carbonyl (C=O) groups excluding carboxylic acids is 1. The summed E-state index contributed by atoms with van der Waals surface area (Å²) in [4.78, 5) is 12.3. The molecule has 1 amide bonds. The van der Waals surface area contributed by atoms with Crippen LogP contribution in [0, 0.1) is 5.92 Å². The predicted molar refractivity (Wildman–Crippen MR) is 83.6 cm³/mol. The normalized spacial score (nSPS) is 20.4. The molecule has 0 saturated heterocycles. The van der Waals surface area contributed by atoms with Crippen LogP contribution in [-0.4, -0.2) is 11.9 Å². The molecule has 20 heavy (non-hydrogen) atoms. The van der Waals surface area contributed by atoms with E-state index in [1.807, 2.05) is 6.07 Å². The van der Waals surface area contributed by atoms with Crippen LogP contribution in [0.25, 0.3) is 0 Å². The van der Waals surface area contributed by atoms with Gasteiger partial charge in [0.1, 0.15) is 0 Å².